The highest BCUT2D eigenvalue weighted by molar-refractivity contribution is 6.08. The van der Waals surface area contributed by atoms with Gasteiger partial charge < -0.3 is 10.1 Å². The van der Waals surface area contributed by atoms with Crippen molar-refractivity contribution in [2.24, 2.45) is 11.8 Å². The number of amides is 3. The number of imide groups is 1. The molecule has 1 aliphatic heterocycles. The maximum absolute atomic E-state index is 13.1. The Labute approximate surface area is 198 Å². The van der Waals surface area contributed by atoms with Gasteiger partial charge in [0.15, 0.2) is 6.61 Å². The Morgan fingerprint density at radius 1 is 1.00 bits per heavy atom. The third-order valence-corrected chi connectivity index (χ3v) is 6.41. The first-order valence-corrected chi connectivity index (χ1v) is 11.4. The number of nitrogens with one attached hydrogen (secondary N) is 1. The molecule has 2 aliphatic rings. The Kier molecular flexibility index (Phi) is 6.91. The van der Waals surface area contributed by atoms with Crippen LogP contribution in [0.1, 0.15) is 29.5 Å². The number of aryl methyl sites for hydroxylation is 2. The summed E-state index contributed by atoms with van der Waals surface area (Å²) < 4.78 is 5.33. The van der Waals surface area contributed by atoms with E-state index < -0.39 is 36.4 Å². The molecule has 0 bridgehead atoms. The van der Waals surface area contributed by atoms with E-state index >= 15 is 0 Å². The van der Waals surface area contributed by atoms with Crippen molar-refractivity contribution < 1.29 is 23.9 Å². The van der Waals surface area contributed by atoms with Crippen molar-refractivity contribution in [2.75, 3.05) is 11.9 Å². The zero-order chi connectivity index (χ0) is 24.2. The van der Waals surface area contributed by atoms with Gasteiger partial charge in [0.1, 0.15) is 6.04 Å². The Hall–Kier alpha value is -3.74. The third kappa shape index (κ3) is 4.93. The van der Waals surface area contributed by atoms with Crippen LogP contribution in [-0.4, -0.2) is 41.2 Å². The van der Waals surface area contributed by atoms with Crippen LogP contribution in [0.2, 0.25) is 0 Å². The molecule has 4 rings (SSSR count). The summed E-state index contributed by atoms with van der Waals surface area (Å²) in [4.78, 5) is 52.9. The van der Waals surface area contributed by atoms with E-state index in [9.17, 15) is 19.2 Å². The van der Waals surface area contributed by atoms with Crippen molar-refractivity contribution in [1.82, 2.24) is 4.90 Å². The monoisotopic (exact) mass is 460 g/mol. The molecule has 7 nitrogen and oxygen atoms in total. The number of carbonyl (C=O) groups excluding carboxylic acids is 4. The van der Waals surface area contributed by atoms with Crippen LogP contribution in [0.4, 0.5) is 5.69 Å². The summed E-state index contributed by atoms with van der Waals surface area (Å²) in [6.45, 7) is 3.28. The molecule has 2 aromatic rings. The summed E-state index contributed by atoms with van der Waals surface area (Å²) in [6, 6.07) is 13.7. The van der Waals surface area contributed by atoms with Gasteiger partial charge in [-0.25, -0.2) is 4.79 Å². The Bertz CT molecular complexity index is 1110. The van der Waals surface area contributed by atoms with E-state index in [2.05, 4.69) is 5.32 Å². The molecule has 3 atom stereocenters. The average molecular weight is 461 g/mol. The number of hydrogen-bond donors (Lipinski definition) is 1. The van der Waals surface area contributed by atoms with Crippen molar-refractivity contribution >= 4 is 29.4 Å². The number of anilines is 1. The van der Waals surface area contributed by atoms with Crippen molar-refractivity contribution in [3.8, 4) is 0 Å². The van der Waals surface area contributed by atoms with E-state index in [-0.39, 0.29) is 18.2 Å². The molecule has 0 spiro atoms. The van der Waals surface area contributed by atoms with Crippen LogP contribution in [0, 0.1) is 25.7 Å². The Morgan fingerprint density at radius 2 is 1.65 bits per heavy atom. The largest absolute Gasteiger partial charge is 0.454 e. The van der Waals surface area contributed by atoms with Crippen molar-refractivity contribution in [2.45, 2.75) is 39.2 Å². The maximum atomic E-state index is 13.1. The highest BCUT2D eigenvalue weighted by Crippen LogP contribution is 2.36. The molecule has 3 amide bonds. The van der Waals surface area contributed by atoms with E-state index in [0.717, 1.165) is 21.6 Å². The standard InChI is InChI=1S/C27H28N2O5/c1-17-12-13-18(2)22(14-17)28-24(30)16-34-27(33)23(15-19-8-4-3-5-9-19)29-25(31)20-10-6-7-11-21(20)26(29)32/h3-9,12-14,20-21,23H,10-11,15-16H2,1-2H3,(H,28,30)/t20-,21-,23-/m0/s1. The molecule has 176 valence electrons. The van der Waals surface area contributed by atoms with E-state index in [0.29, 0.717) is 18.5 Å². The van der Waals surface area contributed by atoms with Gasteiger partial charge in [-0.3, -0.25) is 19.3 Å². The van der Waals surface area contributed by atoms with E-state index in [1.165, 1.54) is 0 Å². The third-order valence-electron chi connectivity index (χ3n) is 6.41. The van der Waals surface area contributed by atoms with Crippen LogP contribution in [0.25, 0.3) is 0 Å². The number of likely N-dealkylation sites (tertiary alicyclic amines) is 1. The molecular weight excluding hydrogens is 432 g/mol. The topological polar surface area (TPSA) is 92.8 Å². The fraction of sp³-hybridized carbons (Fsp3) is 0.333. The number of carbonyl (C=O) groups is 4. The molecule has 2 aromatic carbocycles. The van der Waals surface area contributed by atoms with Gasteiger partial charge in [0.25, 0.3) is 5.91 Å². The van der Waals surface area contributed by atoms with Gasteiger partial charge in [0, 0.05) is 12.1 Å². The van der Waals surface area contributed by atoms with E-state index in [1.807, 2.05) is 74.5 Å². The molecule has 1 N–H and O–H groups in total. The lowest BCUT2D eigenvalue weighted by molar-refractivity contribution is -0.159. The summed E-state index contributed by atoms with van der Waals surface area (Å²) in [5.41, 5.74) is 3.31. The van der Waals surface area contributed by atoms with E-state index in [1.54, 1.807) is 0 Å². The summed E-state index contributed by atoms with van der Waals surface area (Å²) in [6.07, 6.45) is 4.90. The quantitative estimate of drug-likeness (QED) is 0.389. The molecule has 1 fully saturated rings. The van der Waals surface area contributed by atoms with Crippen molar-refractivity contribution in [3.63, 3.8) is 0 Å². The van der Waals surface area contributed by atoms with Crippen LogP contribution in [0.5, 0.6) is 0 Å². The molecule has 0 radical (unpaired) electrons. The first-order chi connectivity index (χ1) is 16.3. The number of allylic oxidation sites excluding steroid dienone is 2. The minimum Gasteiger partial charge on any atom is -0.454 e. The van der Waals surface area contributed by atoms with Crippen LogP contribution >= 0.6 is 0 Å². The summed E-state index contributed by atoms with van der Waals surface area (Å²) >= 11 is 0. The number of esters is 1. The highest BCUT2D eigenvalue weighted by Gasteiger charge is 2.51. The lowest BCUT2D eigenvalue weighted by Gasteiger charge is -2.25. The summed E-state index contributed by atoms with van der Waals surface area (Å²) in [7, 11) is 0. The number of fused-ring (bicyclic) bond motifs is 1. The first kappa shape index (κ1) is 23.4. The molecule has 0 unspecified atom stereocenters. The smallest absolute Gasteiger partial charge is 0.330 e. The molecule has 34 heavy (non-hydrogen) atoms. The second kappa shape index (κ2) is 10.0. The van der Waals surface area contributed by atoms with Gasteiger partial charge in [0.2, 0.25) is 11.8 Å². The lowest BCUT2D eigenvalue weighted by Crippen LogP contribution is -2.48. The molecule has 0 aromatic heterocycles. The molecule has 1 aliphatic carbocycles. The SMILES string of the molecule is Cc1ccc(C)c(NC(=O)COC(=O)[C@H](Cc2ccccc2)N2C(=O)[C@H]3CC=CC[C@@H]3C2=O)c1. The Morgan fingerprint density at radius 3 is 2.29 bits per heavy atom. The highest BCUT2D eigenvalue weighted by atomic mass is 16.5. The predicted octanol–water partition coefficient (Wildman–Crippen LogP) is 3.35. The second-order valence-electron chi connectivity index (χ2n) is 8.88. The van der Waals surface area contributed by atoms with Gasteiger partial charge in [-0.05, 0) is 49.4 Å². The second-order valence-corrected chi connectivity index (χ2v) is 8.88. The van der Waals surface area contributed by atoms with Gasteiger partial charge in [-0.2, -0.15) is 0 Å². The zero-order valence-corrected chi connectivity index (χ0v) is 19.3. The van der Waals surface area contributed by atoms with Crippen LogP contribution < -0.4 is 5.32 Å². The lowest BCUT2D eigenvalue weighted by atomic mass is 9.85. The molecule has 7 heteroatoms. The summed E-state index contributed by atoms with van der Waals surface area (Å²) in [5, 5.41) is 2.75. The first-order valence-electron chi connectivity index (χ1n) is 11.4. The molecule has 0 saturated carbocycles. The normalized spacial score (nSPS) is 20.1. The Balaban J connectivity index is 1.49. The van der Waals surface area contributed by atoms with Crippen LogP contribution in [0.15, 0.2) is 60.7 Å². The predicted molar refractivity (Wildman–Crippen MR) is 127 cm³/mol. The molecule has 1 heterocycles. The van der Waals surface area contributed by atoms with E-state index in [4.69, 9.17) is 4.74 Å². The van der Waals surface area contributed by atoms with Crippen LogP contribution in [-0.2, 0) is 30.3 Å². The number of rotatable bonds is 7. The van der Waals surface area contributed by atoms with Crippen molar-refractivity contribution in [3.05, 3.63) is 77.4 Å². The van der Waals surface area contributed by atoms with Gasteiger partial charge in [-0.15, -0.1) is 0 Å². The number of nitrogens with zero attached hydrogens (tertiary/aromatic N) is 1. The molecule has 1 saturated heterocycles. The zero-order valence-electron chi connectivity index (χ0n) is 19.3. The maximum Gasteiger partial charge on any atom is 0.330 e. The van der Waals surface area contributed by atoms with Gasteiger partial charge >= 0.3 is 5.97 Å². The minimum atomic E-state index is -1.12. The van der Waals surface area contributed by atoms with Crippen LogP contribution in [0.3, 0.4) is 0 Å². The minimum absolute atomic E-state index is 0.128. The van der Waals surface area contributed by atoms with Gasteiger partial charge in [-0.1, -0.05) is 54.6 Å². The summed E-state index contributed by atoms with van der Waals surface area (Å²) in [5.74, 6) is -2.85. The fourth-order valence-corrected chi connectivity index (χ4v) is 4.54. The number of ether oxygens (including phenoxy) is 1. The fourth-order valence-electron chi connectivity index (χ4n) is 4.54. The van der Waals surface area contributed by atoms with Crippen molar-refractivity contribution in [1.29, 1.82) is 0 Å². The number of benzene rings is 2. The molecular formula is C27H28N2O5. The average Bonchev–Trinajstić information content (AvgIpc) is 3.09. The number of hydrogen-bond acceptors (Lipinski definition) is 5. The van der Waals surface area contributed by atoms with Gasteiger partial charge in [0.05, 0.1) is 11.8 Å².